The van der Waals surface area contributed by atoms with E-state index >= 15 is 0 Å². The number of carbonyl (C=O) groups excluding carboxylic acids is 1. The number of nitrogens with zero attached hydrogens (tertiary/aromatic N) is 1. The number of pyridine rings is 1. The smallest absolute Gasteiger partial charge is 0.403 e. The maximum absolute atomic E-state index is 13.9. The van der Waals surface area contributed by atoms with Crippen LogP contribution in [0, 0.1) is 13.0 Å². The van der Waals surface area contributed by atoms with Crippen molar-refractivity contribution in [2.75, 3.05) is 0 Å². The molecule has 1 aromatic heterocycles. The number of carbonyl (C=O) groups is 1. The maximum atomic E-state index is 13.9. The van der Waals surface area contributed by atoms with E-state index in [9.17, 15) is 18.0 Å². The summed E-state index contributed by atoms with van der Waals surface area (Å²) in [6.07, 6.45) is -1.65. The van der Waals surface area contributed by atoms with Crippen LogP contribution >= 0.6 is 0 Å². The van der Waals surface area contributed by atoms with Crippen molar-refractivity contribution in [3.8, 4) is 22.4 Å². The first-order valence-corrected chi connectivity index (χ1v) is 13.3. The quantitative estimate of drug-likeness (QED) is 0.0848. The molecule has 5 aromatic carbocycles. The molecule has 1 radical (unpaired) electrons. The van der Waals surface area contributed by atoms with Gasteiger partial charge in [-0.05, 0) is 70.6 Å². The summed E-state index contributed by atoms with van der Waals surface area (Å²) < 4.78 is 41.8. The number of aliphatic hydroxyl groups excluding tert-OH is 1. The summed E-state index contributed by atoms with van der Waals surface area (Å²) in [7, 11) is 0. The van der Waals surface area contributed by atoms with Crippen molar-refractivity contribution in [2.45, 2.75) is 26.9 Å². The molecule has 0 fully saturated rings. The number of aromatic nitrogens is 1. The van der Waals surface area contributed by atoms with Crippen LogP contribution in [0.5, 0.6) is 0 Å². The van der Waals surface area contributed by atoms with Crippen LogP contribution in [0.25, 0.3) is 54.7 Å². The maximum Gasteiger partial charge on any atom is 0.403 e. The second kappa shape index (κ2) is 12.9. The summed E-state index contributed by atoms with van der Waals surface area (Å²) in [6, 6.07) is 31.1. The van der Waals surface area contributed by atoms with Gasteiger partial charge in [-0.15, -0.1) is 23.6 Å². The van der Waals surface area contributed by atoms with Crippen LogP contribution in [-0.2, 0) is 31.1 Å². The summed E-state index contributed by atoms with van der Waals surface area (Å²) in [5, 5.41) is 12.8. The molecule has 0 atom stereocenters. The number of allylic oxidation sites excluding steroid dienone is 2. The molecule has 0 saturated carbocycles. The second-order valence-corrected chi connectivity index (χ2v) is 10.1. The molecule has 219 valence electrons. The van der Waals surface area contributed by atoms with Crippen molar-refractivity contribution >= 4 is 38.1 Å². The Kier molecular flexibility index (Phi) is 9.49. The third-order valence-electron chi connectivity index (χ3n) is 7.04. The number of ketones is 1. The fourth-order valence-corrected chi connectivity index (χ4v) is 5.25. The molecule has 0 aliphatic carbocycles. The van der Waals surface area contributed by atoms with Gasteiger partial charge in [0.2, 0.25) is 0 Å². The number of halogens is 3. The normalized spacial score (nSPS) is 11.6. The van der Waals surface area contributed by atoms with Crippen LogP contribution < -0.4 is 0 Å². The molecule has 0 amide bonds. The molecule has 0 unspecified atom stereocenters. The zero-order chi connectivity index (χ0) is 30.0. The van der Waals surface area contributed by atoms with Gasteiger partial charge in [0.25, 0.3) is 0 Å². The molecule has 6 aromatic rings. The molecule has 1 heterocycles. The van der Waals surface area contributed by atoms with E-state index in [-0.39, 0.29) is 37.0 Å². The van der Waals surface area contributed by atoms with Crippen LogP contribution in [-0.4, -0.2) is 15.9 Å². The number of alkyl halides is 3. The first kappa shape index (κ1) is 31.6. The zero-order valence-corrected chi connectivity index (χ0v) is 26.0. The second-order valence-electron chi connectivity index (χ2n) is 10.1. The first-order chi connectivity index (χ1) is 20.0. The summed E-state index contributed by atoms with van der Waals surface area (Å²) in [5.74, 6) is -0.0625. The van der Waals surface area contributed by atoms with Gasteiger partial charge >= 0.3 is 6.18 Å². The molecule has 0 aliphatic rings. The molecular weight excluding hydrogens is 728 g/mol. The van der Waals surface area contributed by atoms with Crippen molar-refractivity contribution in [1.29, 1.82) is 0 Å². The standard InChI is InChI=1S/C31H19F3N.C5H8O2.Ir/c1-19-23(20-7-3-2-4-8-20)11-13-26-24(19)12-14-28-27(26)15-16-35-30(28)22-17-21-9-5-6-10-25(21)29(18-22)31(32,33)34;1-4(6)3-5(2)7;/h2-16,18H,1H3;3,6H,1-2H3;/q-1;;/b;4-3-;. The van der Waals surface area contributed by atoms with Crippen LogP contribution in [0.1, 0.15) is 25.0 Å². The van der Waals surface area contributed by atoms with Crippen molar-refractivity contribution in [1.82, 2.24) is 4.98 Å². The van der Waals surface area contributed by atoms with Gasteiger partial charge in [-0.2, -0.15) is 13.2 Å². The average Bonchev–Trinajstić information content (AvgIpc) is 2.96. The molecule has 1 N–H and O–H groups in total. The number of rotatable bonds is 3. The van der Waals surface area contributed by atoms with Gasteiger partial charge in [0, 0.05) is 38.1 Å². The minimum absolute atomic E-state index is 0. The SMILES string of the molecule is CC(=O)/C=C(/C)O.Cc1c(-c2ccccc2)ccc2c1ccc1c(-c3[c-]c4ccccc4c(C(F)(F)F)c3)nccc12.[Ir]. The third-order valence-corrected chi connectivity index (χ3v) is 7.04. The monoisotopic (exact) mass is 755 g/mol. The minimum Gasteiger partial charge on any atom is -0.512 e. The van der Waals surface area contributed by atoms with Crippen LogP contribution in [0.4, 0.5) is 13.2 Å². The molecule has 0 spiro atoms. The molecule has 0 aliphatic heterocycles. The van der Waals surface area contributed by atoms with Crippen molar-refractivity contribution in [2.24, 2.45) is 0 Å². The minimum atomic E-state index is -4.48. The molecule has 7 heteroatoms. The average molecular weight is 755 g/mol. The summed E-state index contributed by atoms with van der Waals surface area (Å²) in [5.41, 5.74) is 3.61. The molecule has 0 bridgehead atoms. The predicted octanol–water partition coefficient (Wildman–Crippen LogP) is 10.0. The Balaban J connectivity index is 0.000000475. The van der Waals surface area contributed by atoms with Gasteiger partial charge in [-0.3, -0.25) is 9.78 Å². The van der Waals surface area contributed by atoms with E-state index in [1.807, 2.05) is 36.4 Å². The summed E-state index contributed by atoms with van der Waals surface area (Å²) in [4.78, 5) is 14.5. The Bertz CT molecular complexity index is 1980. The summed E-state index contributed by atoms with van der Waals surface area (Å²) in [6.45, 7) is 4.95. The number of aliphatic hydroxyl groups is 1. The molecule has 43 heavy (non-hydrogen) atoms. The van der Waals surface area contributed by atoms with Crippen LogP contribution in [0.3, 0.4) is 0 Å². The number of hydrogen-bond acceptors (Lipinski definition) is 3. The van der Waals surface area contributed by atoms with E-state index in [2.05, 4.69) is 42.2 Å². The summed E-state index contributed by atoms with van der Waals surface area (Å²) >= 11 is 0. The van der Waals surface area contributed by atoms with E-state index in [0.29, 0.717) is 16.6 Å². The van der Waals surface area contributed by atoms with Crippen molar-refractivity contribution in [3.05, 3.63) is 126 Å². The van der Waals surface area contributed by atoms with Gasteiger partial charge in [-0.1, -0.05) is 83.7 Å². The van der Waals surface area contributed by atoms with Crippen LogP contribution in [0.2, 0.25) is 0 Å². The zero-order valence-electron chi connectivity index (χ0n) is 23.6. The van der Waals surface area contributed by atoms with E-state index < -0.39 is 11.7 Å². The fraction of sp³-hybridized carbons (Fsp3) is 0.111. The molecular formula is C36H27F3IrNO2-. The molecule has 0 saturated heterocycles. The molecule has 3 nitrogen and oxygen atoms in total. The Morgan fingerprint density at radius 1 is 0.814 bits per heavy atom. The predicted molar refractivity (Wildman–Crippen MR) is 163 cm³/mol. The topological polar surface area (TPSA) is 50.2 Å². The Morgan fingerprint density at radius 3 is 2.09 bits per heavy atom. The van der Waals surface area contributed by atoms with E-state index in [4.69, 9.17) is 5.11 Å². The van der Waals surface area contributed by atoms with Gasteiger partial charge in [0.1, 0.15) is 0 Å². The van der Waals surface area contributed by atoms with Gasteiger partial charge < -0.3 is 5.11 Å². The number of benzene rings is 5. The molecule has 6 rings (SSSR count). The Hall–Kier alpha value is -4.32. The van der Waals surface area contributed by atoms with Crippen LogP contribution in [0.15, 0.2) is 109 Å². The van der Waals surface area contributed by atoms with Crippen molar-refractivity contribution < 1.29 is 43.2 Å². The Morgan fingerprint density at radius 2 is 1.44 bits per heavy atom. The third kappa shape index (κ3) is 6.69. The largest absolute Gasteiger partial charge is 0.512 e. The first-order valence-electron chi connectivity index (χ1n) is 13.3. The van der Waals surface area contributed by atoms with E-state index in [0.717, 1.165) is 44.3 Å². The van der Waals surface area contributed by atoms with Gasteiger partial charge in [0.15, 0.2) is 5.78 Å². The van der Waals surface area contributed by atoms with E-state index in [1.165, 1.54) is 26.0 Å². The Labute approximate surface area is 261 Å². The van der Waals surface area contributed by atoms with E-state index in [1.54, 1.807) is 24.4 Å². The fourth-order valence-electron chi connectivity index (χ4n) is 5.25. The van der Waals surface area contributed by atoms with Gasteiger partial charge in [-0.25, -0.2) is 0 Å². The number of hydrogen-bond donors (Lipinski definition) is 1. The van der Waals surface area contributed by atoms with Crippen molar-refractivity contribution in [3.63, 3.8) is 0 Å². The number of aryl methyl sites for hydroxylation is 1. The van der Waals surface area contributed by atoms with Gasteiger partial charge in [0.05, 0.1) is 5.76 Å². The number of fused-ring (bicyclic) bond motifs is 4.